The highest BCUT2D eigenvalue weighted by molar-refractivity contribution is 6.31. The largest absolute Gasteiger partial charge is 0.493 e. The van der Waals surface area contributed by atoms with Crippen LogP contribution in [-0.4, -0.2) is 17.6 Å². The van der Waals surface area contributed by atoms with Crippen LogP contribution in [0.25, 0.3) is 22.2 Å². The van der Waals surface area contributed by atoms with Gasteiger partial charge in [-0.3, -0.25) is 0 Å². The standard InChI is InChI=1S/C26H24ClN3O2/c1-4-32-25-15-24(18-8-5-16(2)6-9-18)29-22-12-11-20(14-21(22)25)28-26(31)30-23-13-19(27)10-7-17(23)3/h5-15H,4H2,1-3H3,(H2,28,30,31). The normalized spacial score (nSPS) is 10.8. The smallest absolute Gasteiger partial charge is 0.323 e. The summed E-state index contributed by atoms with van der Waals surface area (Å²) in [5, 5.41) is 7.11. The van der Waals surface area contributed by atoms with Crippen molar-refractivity contribution in [1.82, 2.24) is 4.98 Å². The molecule has 0 aliphatic heterocycles. The van der Waals surface area contributed by atoms with E-state index in [1.807, 2.05) is 44.2 Å². The van der Waals surface area contributed by atoms with Crippen molar-refractivity contribution in [2.75, 3.05) is 17.2 Å². The van der Waals surface area contributed by atoms with Crippen molar-refractivity contribution in [3.8, 4) is 17.0 Å². The van der Waals surface area contributed by atoms with Crippen molar-refractivity contribution in [1.29, 1.82) is 0 Å². The molecule has 32 heavy (non-hydrogen) atoms. The van der Waals surface area contributed by atoms with Gasteiger partial charge in [0, 0.05) is 33.4 Å². The minimum absolute atomic E-state index is 0.350. The van der Waals surface area contributed by atoms with Gasteiger partial charge in [-0.15, -0.1) is 0 Å². The average molecular weight is 446 g/mol. The first-order valence-corrected chi connectivity index (χ1v) is 10.8. The lowest BCUT2D eigenvalue weighted by molar-refractivity contribution is 0.262. The topological polar surface area (TPSA) is 63.2 Å². The lowest BCUT2D eigenvalue weighted by Crippen LogP contribution is -2.20. The number of carbonyl (C=O) groups excluding carboxylic acids is 1. The van der Waals surface area contributed by atoms with Crippen molar-refractivity contribution in [2.24, 2.45) is 0 Å². The third kappa shape index (κ3) is 4.84. The zero-order valence-corrected chi connectivity index (χ0v) is 19.0. The van der Waals surface area contributed by atoms with Crippen LogP contribution >= 0.6 is 11.6 Å². The van der Waals surface area contributed by atoms with E-state index in [4.69, 9.17) is 21.3 Å². The highest BCUT2D eigenvalue weighted by Gasteiger charge is 2.11. The first-order valence-electron chi connectivity index (χ1n) is 10.4. The number of rotatable bonds is 5. The van der Waals surface area contributed by atoms with E-state index >= 15 is 0 Å². The second-order valence-corrected chi connectivity index (χ2v) is 8.01. The van der Waals surface area contributed by atoms with Gasteiger partial charge in [-0.25, -0.2) is 9.78 Å². The summed E-state index contributed by atoms with van der Waals surface area (Å²) in [6, 6.07) is 20.8. The maximum absolute atomic E-state index is 12.5. The Bertz CT molecular complexity index is 1290. The number of hydrogen-bond donors (Lipinski definition) is 2. The van der Waals surface area contributed by atoms with Crippen LogP contribution in [0.15, 0.2) is 66.7 Å². The Morgan fingerprint density at radius 2 is 1.75 bits per heavy atom. The molecule has 2 N–H and O–H groups in total. The third-order valence-corrected chi connectivity index (χ3v) is 5.36. The predicted molar refractivity (Wildman–Crippen MR) is 132 cm³/mol. The van der Waals surface area contributed by atoms with Crippen molar-refractivity contribution >= 4 is 39.9 Å². The number of anilines is 2. The fraction of sp³-hybridized carbons (Fsp3) is 0.154. The molecule has 0 atom stereocenters. The quantitative estimate of drug-likeness (QED) is 0.341. The van der Waals surface area contributed by atoms with Gasteiger partial charge in [0.15, 0.2) is 0 Å². The molecule has 4 rings (SSSR count). The number of halogens is 1. The Morgan fingerprint density at radius 1 is 0.969 bits per heavy atom. The fourth-order valence-electron chi connectivity index (χ4n) is 3.43. The second-order valence-electron chi connectivity index (χ2n) is 7.57. The number of pyridine rings is 1. The first kappa shape index (κ1) is 21.7. The van der Waals surface area contributed by atoms with Gasteiger partial charge in [0.05, 0.1) is 17.8 Å². The van der Waals surface area contributed by atoms with Crippen LogP contribution in [0.1, 0.15) is 18.1 Å². The van der Waals surface area contributed by atoms with Crippen LogP contribution in [0.2, 0.25) is 5.02 Å². The molecule has 0 spiro atoms. The van der Waals surface area contributed by atoms with Crippen LogP contribution in [0, 0.1) is 13.8 Å². The van der Waals surface area contributed by atoms with E-state index < -0.39 is 0 Å². The van der Waals surface area contributed by atoms with E-state index in [1.54, 1.807) is 12.1 Å². The van der Waals surface area contributed by atoms with E-state index in [-0.39, 0.29) is 6.03 Å². The van der Waals surface area contributed by atoms with Gasteiger partial charge < -0.3 is 15.4 Å². The molecule has 0 fully saturated rings. The highest BCUT2D eigenvalue weighted by atomic mass is 35.5. The molecule has 0 unspecified atom stereocenters. The molecule has 5 nitrogen and oxygen atoms in total. The SMILES string of the molecule is CCOc1cc(-c2ccc(C)cc2)nc2ccc(NC(=O)Nc3cc(Cl)ccc3C)cc12. The van der Waals surface area contributed by atoms with Gasteiger partial charge in [-0.1, -0.05) is 47.5 Å². The van der Waals surface area contributed by atoms with Crippen LogP contribution in [0.4, 0.5) is 16.2 Å². The number of fused-ring (bicyclic) bond motifs is 1. The Balaban J connectivity index is 1.63. The number of benzene rings is 3. The van der Waals surface area contributed by atoms with Gasteiger partial charge in [0.2, 0.25) is 0 Å². The Labute approximate surface area is 192 Å². The summed E-state index contributed by atoms with van der Waals surface area (Å²) in [5.41, 5.74) is 6.09. The third-order valence-electron chi connectivity index (χ3n) is 5.12. The molecule has 0 saturated carbocycles. The molecular weight excluding hydrogens is 422 g/mol. The molecule has 162 valence electrons. The summed E-state index contributed by atoms with van der Waals surface area (Å²) >= 11 is 6.05. The predicted octanol–water partition coefficient (Wildman–Crippen LogP) is 7.21. The number of urea groups is 1. The lowest BCUT2D eigenvalue weighted by atomic mass is 10.1. The number of nitrogens with one attached hydrogen (secondary N) is 2. The zero-order chi connectivity index (χ0) is 22.7. The Hall–Kier alpha value is -3.57. The lowest BCUT2D eigenvalue weighted by Gasteiger charge is -2.13. The fourth-order valence-corrected chi connectivity index (χ4v) is 3.61. The van der Waals surface area contributed by atoms with Gasteiger partial charge >= 0.3 is 6.03 Å². The van der Waals surface area contributed by atoms with Crippen molar-refractivity contribution in [2.45, 2.75) is 20.8 Å². The minimum atomic E-state index is -0.350. The molecule has 1 aromatic heterocycles. The number of hydrogen-bond acceptors (Lipinski definition) is 3. The van der Waals surface area contributed by atoms with E-state index in [1.165, 1.54) is 5.56 Å². The number of ether oxygens (including phenoxy) is 1. The van der Waals surface area contributed by atoms with Crippen LogP contribution < -0.4 is 15.4 Å². The number of aromatic nitrogens is 1. The van der Waals surface area contributed by atoms with Gasteiger partial charge in [-0.05, 0) is 56.7 Å². The number of nitrogens with zero attached hydrogens (tertiary/aromatic N) is 1. The zero-order valence-electron chi connectivity index (χ0n) is 18.2. The summed E-state index contributed by atoms with van der Waals surface area (Å²) < 4.78 is 5.91. The van der Waals surface area contributed by atoms with E-state index in [0.717, 1.165) is 33.5 Å². The molecule has 1 heterocycles. The summed E-state index contributed by atoms with van der Waals surface area (Å²) in [6.07, 6.45) is 0. The number of amides is 2. The minimum Gasteiger partial charge on any atom is -0.493 e. The molecule has 3 aromatic carbocycles. The molecule has 4 aromatic rings. The maximum Gasteiger partial charge on any atom is 0.323 e. The van der Waals surface area contributed by atoms with Crippen LogP contribution in [0.5, 0.6) is 5.75 Å². The molecular formula is C26H24ClN3O2. The van der Waals surface area contributed by atoms with Crippen molar-refractivity contribution in [3.63, 3.8) is 0 Å². The Kier molecular flexibility index (Phi) is 6.28. The molecule has 0 radical (unpaired) electrons. The highest BCUT2D eigenvalue weighted by Crippen LogP contribution is 2.32. The summed E-state index contributed by atoms with van der Waals surface area (Å²) in [7, 11) is 0. The van der Waals surface area contributed by atoms with Gasteiger partial charge in [-0.2, -0.15) is 0 Å². The Morgan fingerprint density at radius 3 is 2.50 bits per heavy atom. The van der Waals surface area contributed by atoms with Crippen molar-refractivity contribution in [3.05, 3.63) is 82.9 Å². The second kappa shape index (κ2) is 9.28. The molecule has 6 heteroatoms. The van der Waals surface area contributed by atoms with E-state index in [0.29, 0.717) is 23.0 Å². The molecule has 0 aliphatic rings. The first-order chi connectivity index (χ1) is 15.4. The number of carbonyl (C=O) groups is 1. The monoisotopic (exact) mass is 445 g/mol. The summed E-state index contributed by atoms with van der Waals surface area (Å²) in [5.74, 6) is 0.725. The molecule has 0 aliphatic carbocycles. The van der Waals surface area contributed by atoms with Crippen molar-refractivity contribution < 1.29 is 9.53 Å². The van der Waals surface area contributed by atoms with Crippen LogP contribution in [-0.2, 0) is 0 Å². The summed E-state index contributed by atoms with van der Waals surface area (Å²) in [6.45, 7) is 6.44. The molecule has 0 saturated heterocycles. The number of aryl methyl sites for hydroxylation is 2. The molecule has 2 amide bonds. The van der Waals surface area contributed by atoms with E-state index in [2.05, 4.69) is 41.8 Å². The average Bonchev–Trinajstić information content (AvgIpc) is 2.77. The summed E-state index contributed by atoms with van der Waals surface area (Å²) in [4.78, 5) is 17.4. The maximum atomic E-state index is 12.5. The van der Waals surface area contributed by atoms with Gasteiger partial charge in [0.1, 0.15) is 5.75 Å². The van der Waals surface area contributed by atoms with E-state index in [9.17, 15) is 4.79 Å². The van der Waals surface area contributed by atoms with Crippen LogP contribution in [0.3, 0.4) is 0 Å². The van der Waals surface area contributed by atoms with Gasteiger partial charge in [0.25, 0.3) is 0 Å². The molecule has 0 bridgehead atoms.